The lowest BCUT2D eigenvalue weighted by Crippen LogP contribution is -2.16. The molecule has 0 bridgehead atoms. The van der Waals surface area contributed by atoms with Crippen molar-refractivity contribution in [3.8, 4) is 0 Å². The molecule has 1 aliphatic heterocycles. The first kappa shape index (κ1) is 12.2. The zero-order valence-corrected chi connectivity index (χ0v) is 11.0. The lowest BCUT2D eigenvalue weighted by Gasteiger charge is -2.16. The number of hydrogen-bond acceptors (Lipinski definition) is 2. The molecule has 1 aromatic carbocycles. The van der Waals surface area contributed by atoms with Crippen LogP contribution in [0.2, 0.25) is 0 Å². The van der Waals surface area contributed by atoms with Gasteiger partial charge in [-0.25, -0.2) is 0 Å². The second-order valence-corrected chi connectivity index (χ2v) is 5.27. The number of nitrogens with two attached hydrogens (primary N) is 1. The first-order valence-corrected chi connectivity index (χ1v) is 6.67. The van der Waals surface area contributed by atoms with Crippen molar-refractivity contribution >= 4 is 16.9 Å². The molecule has 0 aliphatic carbocycles. The number of carbonyl (C=O) groups is 1. The van der Waals surface area contributed by atoms with E-state index in [0.29, 0.717) is 0 Å². The van der Waals surface area contributed by atoms with Gasteiger partial charge in [-0.1, -0.05) is 18.2 Å². The van der Waals surface area contributed by atoms with Crippen LogP contribution in [0.3, 0.4) is 0 Å². The number of carboxylic acid groups (broad SMARTS) is 1. The number of nitrogens with zero attached hydrogens (tertiary/aromatic N) is 1. The highest BCUT2D eigenvalue weighted by atomic mass is 16.4. The smallest absolute Gasteiger partial charge is 0.305 e. The molecule has 0 radical (unpaired) electrons. The number of hydrogen-bond donors (Lipinski definition) is 2. The Hall–Kier alpha value is -1.81. The molecule has 0 saturated carbocycles. The molecule has 4 nitrogen and oxygen atoms in total. The van der Waals surface area contributed by atoms with Crippen molar-refractivity contribution in [1.82, 2.24) is 4.57 Å². The predicted octanol–water partition coefficient (Wildman–Crippen LogP) is 2.37. The van der Waals surface area contributed by atoms with Gasteiger partial charge < -0.3 is 15.4 Å². The number of para-hydroxylation sites is 1. The topological polar surface area (TPSA) is 68.2 Å². The van der Waals surface area contributed by atoms with E-state index in [1.165, 1.54) is 11.1 Å². The van der Waals surface area contributed by atoms with Crippen molar-refractivity contribution in [2.75, 3.05) is 0 Å². The minimum absolute atomic E-state index is 0.0236. The number of benzene rings is 1. The van der Waals surface area contributed by atoms with E-state index < -0.39 is 12.0 Å². The normalized spacial score (nSPS) is 15.7. The highest BCUT2D eigenvalue weighted by Gasteiger charge is 2.23. The van der Waals surface area contributed by atoms with Gasteiger partial charge in [0.05, 0.1) is 11.9 Å². The van der Waals surface area contributed by atoms with Gasteiger partial charge >= 0.3 is 5.97 Å². The molecular weight excluding hydrogens is 240 g/mol. The number of aliphatic carboxylic acids is 1. The van der Waals surface area contributed by atoms with Crippen molar-refractivity contribution in [3.63, 3.8) is 0 Å². The molecule has 2 heterocycles. The maximum Gasteiger partial charge on any atom is 0.305 e. The Morgan fingerprint density at radius 1 is 1.53 bits per heavy atom. The summed E-state index contributed by atoms with van der Waals surface area (Å²) in [5, 5.41) is 10.1. The Bertz CT molecular complexity index is 658. The fourth-order valence-corrected chi connectivity index (χ4v) is 3.30. The van der Waals surface area contributed by atoms with Crippen LogP contribution < -0.4 is 5.73 Å². The summed E-state index contributed by atoms with van der Waals surface area (Å²) in [6, 6.07) is 5.83. The van der Waals surface area contributed by atoms with Gasteiger partial charge in [0.25, 0.3) is 0 Å². The molecule has 100 valence electrons. The Kier molecular flexibility index (Phi) is 2.82. The summed E-state index contributed by atoms with van der Waals surface area (Å²) in [5.74, 6) is -0.848. The van der Waals surface area contributed by atoms with E-state index >= 15 is 0 Å². The van der Waals surface area contributed by atoms with E-state index in [4.69, 9.17) is 10.8 Å². The van der Waals surface area contributed by atoms with Crippen LogP contribution in [0.1, 0.15) is 35.7 Å². The molecule has 0 spiro atoms. The molecular formula is C15H18N2O2. The summed E-state index contributed by atoms with van der Waals surface area (Å²) >= 11 is 0. The van der Waals surface area contributed by atoms with Crippen molar-refractivity contribution in [2.45, 2.75) is 38.8 Å². The molecule has 3 N–H and O–H groups in total. The number of rotatable bonds is 3. The van der Waals surface area contributed by atoms with Crippen molar-refractivity contribution < 1.29 is 9.90 Å². The molecule has 4 heteroatoms. The van der Waals surface area contributed by atoms with Crippen LogP contribution in [0.4, 0.5) is 0 Å². The van der Waals surface area contributed by atoms with Gasteiger partial charge in [-0.05, 0) is 30.9 Å². The molecule has 0 saturated heterocycles. The summed E-state index contributed by atoms with van der Waals surface area (Å²) in [7, 11) is 0. The van der Waals surface area contributed by atoms with Gasteiger partial charge in [0.15, 0.2) is 0 Å². The van der Waals surface area contributed by atoms with Crippen molar-refractivity contribution in [1.29, 1.82) is 0 Å². The van der Waals surface area contributed by atoms with Crippen LogP contribution in [0.5, 0.6) is 0 Å². The molecule has 1 aliphatic rings. The Labute approximate surface area is 111 Å². The third-order valence-corrected chi connectivity index (χ3v) is 4.07. The van der Waals surface area contributed by atoms with Crippen LogP contribution >= 0.6 is 0 Å². The van der Waals surface area contributed by atoms with Gasteiger partial charge in [0.1, 0.15) is 0 Å². The summed E-state index contributed by atoms with van der Waals surface area (Å²) < 4.78 is 2.30. The van der Waals surface area contributed by atoms with Crippen LogP contribution in [-0.4, -0.2) is 15.6 Å². The Morgan fingerprint density at radius 3 is 3.05 bits per heavy atom. The van der Waals surface area contributed by atoms with Gasteiger partial charge in [-0.3, -0.25) is 4.79 Å². The van der Waals surface area contributed by atoms with Crippen LogP contribution in [0.25, 0.3) is 10.9 Å². The molecule has 3 rings (SSSR count). The van der Waals surface area contributed by atoms with E-state index in [-0.39, 0.29) is 6.42 Å². The average molecular weight is 258 g/mol. The van der Waals surface area contributed by atoms with Crippen molar-refractivity contribution in [2.24, 2.45) is 5.73 Å². The quantitative estimate of drug-likeness (QED) is 0.888. The number of carboxylic acids is 1. The maximum absolute atomic E-state index is 10.9. The van der Waals surface area contributed by atoms with Gasteiger partial charge in [-0.2, -0.15) is 0 Å². The first-order valence-electron chi connectivity index (χ1n) is 6.67. The highest BCUT2D eigenvalue weighted by molar-refractivity contribution is 5.89. The average Bonchev–Trinajstić information content (AvgIpc) is 2.65. The second-order valence-electron chi connectivity index (χ2n) is 5.27. The molecule has 1 atom stereocenters. The zero-order chi connectivity index (χ0) is 13.6. The third kappa shape index (κ3) is 1.83. The van der Waals surface area contributed by atoms with E-state index in [2.05, 4.69) is 16.7 Å². The fourth-order valence-electron chi connectivity index (χ4n) is 3.30. The van der Waals surface area contributed by atoms with E-state index in [9.17, 15) is 4.79 Å². The molecule has 0 fully saturated rings. The molecule has 2 aromatic rings. The third-order valence-electron chi connectivity index (χ3n) is 4.07. The first-order chi connectivity index (χ1) is 9.09. The van der Waals surface area contributed by atoms with E-state index in [1.54, 1.807) is 0 Å². The predicted molar refractivity (Wildman–Crippen MR) is 74.2 cm³/mol. The number of aryl methyl sites for hydroxylation is 2. The van der Waals surface area contributed by atoms with Gasteiger partial charge in [0, 0.05) is 23.7 Å². The molecule has 1 unspecified atom stereocenters. The van der Waals surface area contributed by atoms with Crippen LogP contribution in [0.15, 0.2) is 18.2 Å². The lowest BCUT2D eigenvalue weighted by atomic mass is 9.98. The molecule has 1 aromatic heterocycles. The Balaban J connectivity index is 2.23. The summed E-state index contributed by atoms with van der Waals surface area (Å²) in [6.07, 6.45) is 2.20. The second kappa shape index (κ2) is 4.38. The summed E-state index contributed by atoms with van der Waals surface area (Å²) in [5.41, 5.74) is 10.8. The monoisotopic (exact) mass is 258 g/mol. The van der Waals surface area contributed by atoms with Gasteiger partial charge in [-0.15, -0.1) is 0 Å². The minimum atomic E-state index is -0.848. The standard InChI is InChI=1S/C15H18N2O2/c1-9-14(12(16)8-13(18)19)11-6-2-4-10-5-3-7-17(9)15(10)11/h2,4,6,12H,3,5,7-8,16H2,1H3,(H,18,19). The van der Waals surface area contributed by atoms with E-state index in [0.717, 1.165) is 36.0 Å². The summed E-state index contributed by atoms with van der Waals surface area (Å²) in [4.78, 5) is 10.9. The molecule has 19 heavy (non-hydrogen) atoms. The SMILES string of the molecule is Cc1c(C(N)CC(=O)O)c2cccc3c2n1CCC3. The zero-order valence-electron chi connectivity index (χ0n) is 11.0. The largest absolute Gasteiger partial charge is 0.481 e. The lowest BCUT2D eigenvalue weighted by molar-refractivity contribution is -0.137. The summed E-state index contributed by atoms with van der Waals surface area (Å²) in [6.45, 7) is 3.05. The van der Waals surface area contributed by atoms with Crippen LogP contribution in [-0.2, 0) is 17.8 Å². The van der Waals surface area contributed by atoms with Gasteiger partial charge in [0.2, 0.25) is 0 Å². The van der Waals surface area contributed by atoms with Crippen LogP contribution in [0, 0.1) is 6.92 Å². The minimum Gasteiger partial charge on any atom is -0.481 e. The van der Waals surface area contributed by atoms with E-state index in [1.807, 2.05) is 13.0 Å². The fraction of sp³-hybridized carbons (Fsp3) is 0.400. The highest BCUT2D eigenvalue weighted by Crippen LogP contribution is 2.35. The van der Waals surface area contributed by atoms with Crippen molar-refractivity contribution in [3.05, 3.63) is 35.0 Å². The maximum atomic E-state index is 10.9. The Morgan fingerprint density at radius 2 is 2.32 bits per heavy atom. The number of aromatic nitrogens is 1. The molecule has 0 amide bonds.